The molecule has 0 unspecified atom stereocenters. The van der Waals surface area contributed by atoms with E-state index in [1.165, 1.54) is 0 Å². The van der Waals surface area contributed by atoms with Crippen LogP contribution in [-0.2, 0) is 9.53 Å². The van der Waals surface area contributed by atoms with Crippen molar-refractivity contribution < 1.29 is 14.3 Å². The van der Waals surface area contributed by atoms with Gasteiger partial charge in [0.1, 0.15) is 0 Å². The summed E-state index contributed by atoms with van der Waals surface area (Å²) < 4.78 is 5.16. The normalized spacial score (nSPS) is 14.7. The smallest absolute Gasteiger partial charge is 0.338 e. The molecule has 29 heavy (non-hydrogen) atoms. The Labute approximate surface area is 176 Å². The fraction of sp³-hybridized carbons (Fsp3) is 0.364. The van der Waals surface area contributed by atoms with Crippen molar-refractivity contribution in [3.05, 3.63) is 59.1 Å². The second-order valence-electron chi connectivity index (χ2n) is 7.32. The Morgan fingerprint density at radius 2 is 1.76 bits per heavy atom. The van der Waals surface area contributed by atoms with Crippen LogP contribution >= 0.6 is 11.6 Å². The third kappa shape index (κ3) is 6.21. The van der Waals surface area contributed by atoms with Crippen molar-refractivity contribution in [3.8, 4) is 0 Å². The van der Waals surface area contributed by atoms with Gasteiger partial charge in [-0.2, -0.15) is 0 Å². The number of carbonyl (C=O) groups excluding carboxylic acids is 2. The summed E-state index contributed by atoms with van der Waals surface area (Å²) in [5, 5.41) is 3.61. The monoisotopic (exact) mass is 415 g/mol. The molecule has 3 rings (SSSR count). The number of amides is 1. The molecule has 2 aromatic carbocycles. The molecule has 1 fully saturated rings. The Balaban J connectivity index is 1.46. The van der Waals surface area contributed by atoms with Crippen LogP contribution in [-0.4, -0.2) is 55.6 Å². The van der Waals surface area contributed by atoms with Gasteiger partial charge in [-0.05, 0) is 56.3 Å². The van der Waals surface area contributed by atoms with E-state index in [-0.39, 0.29) is 18.0 Å². The molecule has 1 N–H and O–H groups in total. The van der Waals surface area contributed by atoms with Crippen LogP contribution in [0.15, 0.2) is 48.5 Å². The predicted molar refractivity (Wildman–Crippen MR) is 116 cm³/mol. The first-order valence-electron chi connectivity index (χ1n) is 9.74. The lowest BCUT2D eigenvalue weighted by Gasteiger charge is -2.35. The van der Waals surface area contributed by atoms with Gasteiger partial charge in [0.15, 0.2) is 0 Å². The van der Waals surface area contributed by atoms with E-state index in [4.69, 9.17) is 16.3 Å². The van der Waals surface area contributed by atoms with Gasteiger partial charge in [-0.25, -0.2) is 4.79 Å². The van der Waals surface area contributed by atoms with Gasteiger partial charge in [0.05, 0.1) is 18.2 Å². The van der Waals surface area contributed by atoms with Crippen molar-refractivity contribution in [2.24, 2.45) is 0 Å². The highest BCUT2D eigenvalue weighted by molar-refractivity contribution is 6.30. The summed E-state index contributed by atoms with van der Waals surface area (Å²) in [6.07, 6.45) is -0.166. The predicted octanol–water partition coefficient (Wildman–Crippen LogP) is 3.67. The lowest BCUT2D eigenvalue weighted by Crippen LogP contribution is -2.48. The van der Waals surface area contributed by atoms with E-state index in [0.29, 0.717) is 17.8 Å². The van der Waals surface area contributed by atoms with E-state index >= 15 is 0 Å². The number of benzene rings is 2. The summed E-state index contributed by atoms with van der Waals surface area (Å²) in [4.78, 5) is 28.6. The molecule has 7 heteroatoms. The molecule has 1 amide bonds. The van der Waals surface area contributed by atoms with Crippen LogP contribution in [0.2, 0.25) is 5.02 Å². The summed E-state index contributed by atoms with van der Waals surface area (Å²) >= 11 is 6.07. The van der Waals surface area contributed by atoms with Crippen LogP contribution in [0.3, 0.4) is 0 Å². The highest BCUT2D eigenvalue weighted by Crippen LogP contribution is 2.20. The Morgan fingerprint density at radius 1 is 1.07 bits per heavy atom. The number of carbonyl (C=O) groups is 2. The van der Waals surface area contributed by atoms with E-state index in [9.17, 15) is 9.59 Å². The van der Waals surface area contributed by atoms with Crippen molar-refractivity contribution in [2.45, 2.75) is 20.0 Å². The molecular formula is C22H26ClN3O3. The number of anilines is 2. The number of hydrogen-bond acceptors (Lipinski definition) is 5. The average Bonchev–Trinajstić information content (AvgIpc) is 2.68. The molecule has 0 aromatic heterocycles. The van der Waals surface area contributed by atoms with Gasteiger partial charge in [-0.3, -0.25) is 9.69 Å². The molecule has 1 saturated heterocycles. The summed E-state index contributed by atoms with van der Waals surface area (Å²) in [5.74, 6) is -0.436. The van der Waals surface area contributed by atoms with Crippen molar-refractivity contribution in [1.29, 1.82) is 0 Å². The summed E-state index contributed by atoms with van der Waals surface area (Å²) in [7, 11) is 0. The average molecular weight is 416 g/mol. The topological polar surface area (TPSA) is 61.9 Å². The fourth-order valence-electron chi connectivity index (χ4n) is 3.21. The zero-order valence-corrected chi connectivity index (χ0v) is 17.5. The Kier molecular flexibility index (Phi) is 7.12. The van der Waals surface area contributed by atoms with E-state index in [1.807, 2.05) is 18.2 Å². The lowest BCUT2D eigenvalue weighted by molar-refractivity contribution is -0.117. The van der Waals surface area contributed by atoms with Crippen LogP contribution in [0.1, 0.15) is 24.2 Å². The van der Waals surface area contributed by atoms with Gasteiger partial charge in [0.2, 0.25) is 5.91 Å². The quantitative estimate of drug-likeness (QED) is 0.729. The number of nitrogens with zero attached hydrogens (tertiary/aromatic N) is 2. The van der Waals surface area contributed by atoms with Crippen LogP contribution in [0, 0.1) is 0 Å². The van der Waals surface area contributed by atoms with Gasteiger partial charge in [0.25, 0.3) is 0 Å². The minimum atomic E-state index is -0.365. The second-order valence-corrected chi connectivity index (χ2v) is 7.76. The summed E-state index contributed by atoms with van der Waals surface area (Å²) in [6, 6.07) is 14.6. The highest BCUT2D eigenvalue weighted by atomic mass is 35.5. The molecule has 0 radical (unpaired) electrons. The van der Waals surface area contributed by atoms with Crippen LogP contribution in [0.25, 0.3) is 0 Å². The first-order valence-corrected chi connectivity index (χ1v) is 10.1. The SMILES string of the molecule is CC(C)OC(=O)c1ccc(NC(=O)CN2CCN(c3cccc(Cl)c3)CC2)cc1. The summed E-state index contributed by atoms with van der Waals surface area (Å²) in [5.41, 5.74) is 2.24. The minimum absolute atomic E-state index is 0.0706. The van der Waals surface area contributed by atoms with Gasteiger partial charge >= 0.3 is 5.97 Å². The molecule has 0 aliphatic carbocycles. The maximum absolute atomic E-state index is 12.4. The number of rotatable bonds is 6. The molecule has 0 spiro atoms. The number of ether oxygens (including phenoxy) is 1. The summed E-state index contributed by atoms with van der Waals surface area (Å²) in [6.45, 7) is 7.25. The number of esters is 1. The van der Waals surface area contributed by atoms with Gasteiger partial charge in [-0.1, -0.05) is 17.7 Å². The fourth-order valence-corrected chi connectivity index (χ4v) is 3.40. The van der Waals surface area contributed by atoms with Crippen LogP contribution < -0.4 is 10.2 Å². The third-order valence-electron chi connectivity index (χ3n) is 4.66. The number of hydrogen-bond donors (Lipinski definition) is 1. The number of nitrogens with one attached hydrogen (secondary N) is 1. The van der Waals surface area contributed by atoms with Crippen molar-refractivity contribution in [3.63, 3.8) is 0 Å². The molecule has 154 valence electrons. The van der Waals surface area contributed by atoms with Crippen molar-refractivity contribution >= 4 is 34.9 Å². The Morgan fingerprint density at radius 3 is 2.38 bits per heavy atom. The van der Waals surface area contributed by atoms with Gasteiger partial charge in [0, 0.05) is 42.6 Å². The van der Waals surface area contributed by atoms with Crippen LogP contribution in [0.5, 0.6) is 0 Å². The largest absolute Gasteiger partial charge is 0.459 e. The Bertz CT molecular complexity index is 847. The van der Waals surface area contributed by atoms with Gasteiger partial charge < -0.3 is 15.0 Å². The minimum Gasteiger partial charge on any atom is -0.459 e. The number of halogens is 1. The van der Waals surface area contributed by atoms with E-state index in [1.54, 1.807) is 38.1 Å². The molecule has 0 atom stereocenters. The molecular weight excluding hydrogens is 390 g/mol. The standard InChI is InChI=1S/C22H26ClN3O3/c1-16(2)29-22(28)17-6-8-19(9-7-17)24-21(27)15-25-10-12-26(13-11-25)20-5-3-4-18(23)14-20/h3-9,14,16H,10-13,15H2,1-2H3,(H,24,27). The highest BCUT2D eigenvalue weighted by Gasteiger charge is 2.19. The van der Waals surface area contributed by atoms with E-state index in [0.717, 1.165) is 36.9 Å². The first kappa shape index (κ1) is 21.1. The Hall–Kier alpha value is -2.57. The van der Waals surface area contributed by atoms with Crippen molar-refractivity contribution in [1.82, 2.24) is 4.90 Å². The van der Waals surface area contributed by atoms with E-state index < -0.39 is 0 Å². The third-order valence-corrected chi connectivity index (χ3v) is 4.90. The molecule has 2 aromatic rings. The van der Waals surface area contributed by atoms with Crippen LogP contribution in [0.4, 0.5) is 11.4 Å². The maximum Gasteiger partial charge on any atom is 0.338 e. The molecule has 0 bridgehead atoms. The first-order chi connectivity index (χ1) is 13.9. The van der Waals surface area contributed by atoms with Crippen molar-refractivity contribution in [2.75, 3.05) is 42.9 Å². The molecule has 6 nitrogen and oxygen atoms in total. The second kappa shape index (κ2) is 9.76. The zero-order valence-electron chi connectivity index (χ0n) is 16.7. The maximum atomic E-state index is 12.4. The molecule has 1 heterocycles. The molecule has 1 aliphatic rings. The number of piperazine rings is 1. The zero-order chi connectivity index (χ0) is 20.8. The van der Waals surface area contributed by atoms with E-state index in [2.05, 4.69) is 21.2 Å². The molecule has 0 saturated carbocycles. The molecule has 1 aliphatic heterocycles. The lowest BCUT2D eigenvalue weighted by atomic mass is 10.2. The van der Waals surface area contributed by atoms with Gasteiger partial charge in [-0.15, -0.1) is 0 Å².